The quantitative estimate of drug-likeness (QED) is 0.384. The monoisotopic (exact) mass is 416 g/mol. The van der Waals surface area contributed by atoms with E-state index in [2.05, 4.69) is 36.1 Å². The van der Waals surface area contributed by atoms with Crippen LogP contribution in [0, 0.1) is 6.92 Å². The van der Waals surface area contributed by atoms with E-state index in [0.29, 0.717) is 22.4 Å². The molecule has 122 valence electrons. The molecule has 0 aliphatic heterocycles. The number of fused-ring (bicyclic) bond motifs is 1. The smallest absolute Gasteiger partial charge is 0.313 e. The SMILES string of the molecule is Cc1nnc(SCCCn2c(Br)nc3c2c(=O)[nH]c(=O)n3C)s1. The molecule has 0 bridgehead atoms. The van der Waals surface area contributed by atoms with Crippen LogP contribution in [0.3, 0.4) is 0 Å². The Morgan fingerprint density at radius 1 is 1.35 bits per heavy atom. The van der Waals surface area contributed by atoms with Crippen molar-refractivity contribution in [2.45, 2.75) is 24.2 Å². The summed E-state index contributed by atoms with van der Waals surface area (Å²) >= 11 is 6.56. The van der Waals surface area contributed by atoms with Gasteiger partial charge < -0.3 is 4.57 Å². The lowest BCUT2D eigenvalue weighted by molar-refractivity contribution is 0.684. The molecule has 0 saturated heterocycles. The fraction of sp³-hybridized carbons (Fsp3) is 0.417. The number of nitrogens with one attached hydrogen (secondary N) is 1. The molecule has 0 fully saturated rings. The van der Waals surface area contributed by atoms with E-state index in [-0.39, 0.29) is 0 Å². The number of aryl methyl sites for hydroxylation is 3. The molecular formula is C12H13BrN6O2S2. The van der Waals surface area contributed by atoms with Crippen LogP contribution >= 0.6 is 39.0 Å². The van der Waals surface area contributed by atoms with Gasteiger partial charge in [-0.1, -0.05) is 23.1 Å². The first-order valence-electron chi connectivity index (χ1n) is 6.75. The third-order valence-corrected chi connectivity index (χ3v) is 5.88. The fourth-order valence-corrected chi connectivity index (χ4v) is 4.46. The summed E-state index contributed by atoms with van der Waals surface area (Å²) in [6, 6.07) is 0. The van der Waals surface area contributed by atoms with Gasteiger partial charge >= 0.3 is 5.69 Å². The van der Waals surface area contributed by atoms with Gasteiger partial charge in [-0.25, -0.2) is 9.78 Å². The Kier molecular flexibility index (Phi) is 4.69. The van der Waals surface area contributed by atoms with Crippen molar-refractivity contribution >= 4 is 50.2 Å². The Labute approximate surface area is 147 Å². The highest BCUT2D eigenvalue weighted by molar-refractivity contribution is 9.10. The van der Waals surface area contributed by atoms with E-state index >= 15 is 0 Å². The summed E-state index contributed by atoms with van der Waals surface area (Å²) in [4.78, 5) is 30.3. The number of hydrogen-bond donors (Lipinski definition) is 1. The Hall–Kier alpha value is -1.46. The Bertz CT molecular complexity index is 972. The van der Waals surface area contributed by atoms with Crippen LogP contribution in [0.4, 0.5) is 0 Å². The van der Waals surface area contributed by atoms with E-state index in [4.69, 9.17) is 0 Å². The number of aromatic nitrogens is 6. The normalized spacial score (nSPS) is 11.4. The first-order valence-corrected chi connectivity index (χ1v) is 9.35. The third kappa shape index (κ3) is 3.26. The lowest BCUT2D eigenvalue weighted by atomic mass is 10.4. The summed E-state index contributed by atoms with van der Waals surface area (Å²) in [5.74, 6) is 0.852. The fourth-order valence-electron chi connectivity index (χ4n) is 2.13. The van der Waals surface area contributed by atoms with E-state index in [9.17, 15) is 9.59 Å². The van der Waals surface area contributed by atoms with Crippen LogP contribution in [0.1, 0.15) is 11.4 Å². The minimum atomic E-state index is -0.471. The average Bonchev–Trinajstić information content (AvgIpc) is 3.05. The van der Waals surface area contributed by atoms with Crippen molar-refractivity contribution in [2.75, 3.05) is 5.75 Å². The zero-order valence-electron chi connectivity index (χ0n) is 12.4. The molecule has 8 nitrogen and oxygen atoms in total. The summed E-state index contributed by atoms with van der Waals surface area (Å²) in [6.07, 6.45) is 0.829. The molecule has 3 aromatic heterocycles. The molecule has 3 aromatic rings. The zero-order chi connectivity index (χ0) is 16.6. The number of aromatic amines is 1. The van der Waals surface area contributed by atoms with Gasteiger partial charge in [0, 0.05) is 19.3 Å². The van der Waals surface area contributed by atoms with E-state index < -0.39 is 11.2 Å². The highest BCUT2D eigenvalue weighted by Gasteiger charge is 2.15. The van der Waals surface area contributed by atoms with Crippen LogP contribution < -0.4 is 11.2 Å². The van der Waals surface area contributed by atoms with E-state index in [1.165, 1.54) is 4.57 Å². The van der Waals surface area contributed by atoms with Gasteiger partial charge in [0.1, 0.15) is 5.01 Å². The molecule has 0 amide bonds. The molecule has 0 aliphatic rings. The van der Waals surface area contributed by atoms with E-state index in [0.717, 1.165) is 21.5 Å². The van der Waals surface area contributed by atoms with Crippen LogP contribution in [0.2, 0.25) is 0 Å². The Morgan fingerprint density at radius 2 is 2.13 bits per heavy atom. The molecule has 0 aromatic carbocycles. The molecule has 11 heteroatoms. The Balaban J connectivity index is 1.78. The second-order valence-corrected chi connectivity index (χ2v) is 8.04. The lowest BCUT2D eigenvalue weighted by Crippen LogP contribution is -2.29. The van der Waals surface area contributed by atoms with Gasteiger partial charge in [0.15, 0.2) is 20.2 Å². The van der Waals surface area contributed by atoms with Gasteiger partial charge in [0.2, 0.25) is 0 Å². The summed E-state index contributed by atoms with van der Waals surface area (Å²) in [6.45, 7) is 2.54. The maximum atomic E-state index is 12.1. The first kappa shape index (κ1) is 16.4. The van der Waals surface area contributed by atoms with Gasteiger partial charge in [-0.3, -0.25) is 14.3 Å². The molecule has 0 radical (unpaired) electrons. The topological polar surface area (TPSA) is 98.5 Å². The van der Waals surface area contributed by atoms with Crippen LogP contribution in [-0.2, 0) is 13.6 Å². The molecule has 0 atom stereocenters. The van der Waals surface area contributed by atoms with Crippen molar-refractivity contribution in [3.63, 3.8) is 0 Å². The van der Waals surface area contributed by atoms with Gasteiger partial charge in [0.25, 0.3) is 5.56 Å². The number of hydrogen-bond acceptors (Lipinski definition) is 7. The molecular weight excluding hydrogens is 404 g/mol. The predicted octanol–water partition coefficient (Wildman–Crippen LogP) is 1.53. The molecule has 0 aliphatic carbocycles. The Morgan fingerprint density at radius 3 is 2.83 bits per heavy atom. The molecule has 3 rings (SSSR count). The number of halogens is 1. The minimum Gasteiger partial charge on any atom is -0.313 e. The minimum absolute atomic E-state index is 0.373. The highest BCUT2D eigenvalue weighted by atomic mass is 79.9. The van der Waals surface area contributed by atoms with Crippen LogP contribution in [0.5, 0.6) is 0 Å². The van der Waals surface area contributed by atoms with Gasteiger partial charge in [-0.15, -0.1) is 10.2 Å². The summed E-state index contributed by atoms with van der Waals surface area (Å²) in [5, 5.41) is 8.99. The molecule has 3 heterocycles. The van der Waals surface area contributed by atoms with Crippen molar-refractivity contribution in [2.24, 2.45) is 7.05 Å². The van der Waals surface area contributed by atoms with E-state index in [1.807, 2.05) is 6.92 Å². The zero-order valence-corrected chi connectivity index (χ0v) is 15.6. The highest BCUT2D eigenvalue weighted by Crippen LogP contribution is 2.23. The van der Waals surface area contributed by atoms with Gasteiger partial charge in [0.05, 0.1) is 0 Å². The summed E-state index contributed by atoms with van der Waals surface area (Å²) < 4.78 is 4.59. The maximum absolute atomic E-state index is 12.1. The van der Waals surface area contributed by atoms with Crippen molar-refractivity contribution in [1.29, 1.82) is 0 Å². The van der Waals surface area contributed by atoms with Crippen LogP contribution in [0.15, 0.2) is 18.7 Å². The maximum Gasteiger partial charge on any atom is 0.329 e. The molecule has 0 spiro atoms. The second-order valence-electron chi connectivity index (χ2n) is 4.81. The lowest BCUT2D eigenvalue weighted by Gasteiger charge is -2.05. The molecule has 1 N–H and O–H groups in total. The largest absolute Gasteiger partial charge is 0.329 e. The van der Waals surface area contributed by atoms with Crippen LogP contribution in [-0.4, -0.2) is 35.1 Å². The number of rotatable bonds is 5. The number of H-pyrrole nitrogens is 1. The van der Waals surface area contributed by atoms with Crippen LogP contribution in [0.25, 0.3) is 11.2 Å². The predicted molar refractivity (Wildman–Crippen MR) is 93.3 cm³/mol. The molecule has 0 unspecified atom stereocenters. The number of imidazole rings is 1. The number of nitrogens with zero attached hydrogens (tertiary/aromatic N) is 5. The standard InChI is InChI=1S/C12H13BrN6O2S2/c1-6-16-17-12(23-6)22-5-3-4-19-7-8(14-10(19)13)18(2)11(21)15-9(7)20/h3-5H2,1-2H3,(H,15,20,21). The summed E-state index contributed by atoms with van der Waals surface area (Å²) in [5.41, 5.74) is -0.121. The molecule has 0 saturated carbocycles. The van der Waals surface area contributed by atoms with Gasteiger partial charge in [-0.05, 0) is 29.3 Å². The second kappa shape index (κ2) is 6.57. The van der Waals surface area contributed by atoms with Gasteiger partial charge in [-0.2, -0.15) is 0 Å². The van der Waals surface area contributed by atoms with Crippen molar-refractivity contribution in [3.8, 4) is 0 Å². The van der Waals surface area contributed by atoms with E-state index in [1.54, 1.807) is 34.7 Å². The van der Waals surface area contributed by atoms with Crippen molar-refractivity contribution < 1.29 is 0 Å². The van der Waals surface area contributed by atoms with Crippen molar-refractivity contribution in [3.05, 3.63) is 30.6 Å². The summed E-state index contributed by atoms with van der Waals surface area (Å²) in [7, 11) is 1.58. The number of thioether (sulfide) groups is 1. The average molecular weight is 417 g/mol. The van der Waals surface area contributed by atoms with Crippen molar-refractivity contribution in [1.82, 2.24) is 29.3 Å². The first-order chi connectivity index (χ1) is 11.0. The third-order valence-electron chi connectivity index (χ3n) is 3.22. The molecule has 23 heavy (non-hydrogen) atoms.